The zero-order valence-electron chi connectivity index (χ0n) is 7.41. The maximum Gasteiger partial charge on any atom is 0.320 e. The van der Waals surface area contributed by atoms with Crippen molar-refractivity contribution >= 4 is 5.97 Å². The Bertz CT molecular complexity index is 199. The fourth-order valence-electron chi connectivity index (χ4n) is 1.53. The average Bonchev–Trinajstić information content (AvgIpc) is 2.50. The summed E-state index contributed by atoms with van der Waals surface area (Å²) in [5.74, 6) is -1.60. The van der Waals surface area contributed by atoms with Gasteiger partial charge in [-0.3, -0.25) is 9.69 Å². The average molecular weight is 193 g/mol. The van der Waals surface area contributed by atoms with Crippen LogP contribution >= 0.6 is 0 Å². The summed E-state index contributed by atoms with van der Waals surface area (Å²) < 4.78 is 24.4. The van der Waals surface area contributed by atoms with Crippen molar-refractivity contribution < 1.29 is 18.7 Å². The Morgan fingerprint density at radius 1 is 1.62 bits per heavy atom. The molecule has 1 aliphatic rings. The van der Waals surface area contributed by atoms with Crippen molar-refractivity contribution in [1.29, 1.82) is 0 Å². The highest BCUT2D eigenvalue weighted by molar-refractivity contribution is 5.72. The van der Waals surface area contributed by atoms with Gasteiger partial charge in [0.1, 0.15) is 6.04 Å². The van der Waals surface area contributed by atoms with Crippen molar-refractivity contribution in [2.45, 2.75) is 25.8 Å². The highest BCUT2D eigenvalue weighted by atomic mass is 19.3. The summed E-state index contributed by atoms with van der Waals surface area (Å²) in [6.45, 7) is 2.18. The third-order valence-corrected chi connectivity index (χ3v) is 2.52. The summed E-state index contributed by atoms with van der Waals surface area (Å²) in [5, 5.41) is 8.64. The summed E-state index contributed by atoms with van der Waals surface area (Å²) in [6, 6.07) is -0.649. The number of rotatable bonds is 3. The topological polar surface area (TPSA) is 40.5 Å². The second kappa shape index (κ2) is 4.00. The van der Waals surface area contributed by atoms with Crippen molar-refractivity contribution in [3.05, 3.63) is 0 Å². The van der Waals surface area contributed by atoms with Crippen LogP contribution in [0.5, 0.6) is 0 Å². The number of alkyl halides is 2. The van der Waals surface area contributed by atoms with Crippen LogP contribution in [0.15, 0.2) is 0 Å². The molecule has 2 atom stereocenters. The minimum absolute atomic E-state index is 0.200. The van der Waals surface area contributed by atoms with Gasteiger partial charge in [0.15, 0.2) is 0 Å². The molecule has 1 N–H and O–H groups in total. The van der Waals surface area contributed by atoms with Crippen molar-refractivity contribution in [3.63, 3.8) is 0 Å². The van der Waals surface area contributed by atoms with Gasteiger partial charge in [-0.1, -0.05) is 0 Å². The third kappa shape index (κ3) is 2.37. The number of halogens is 2. The van der Waals surface area contributed by atoms with Gasteiger partial charge in [0.05, 0.1) is 0 Å². The normalized spacial score (nSPS) is 26.6. The first-order valence-electron chi connectivity index (χ1n) is 4.27. The smallest absolute Gasteiger partial charge is 0.320 e. The molecule has 1 saturated heterocycles. The van der Waals surface area contributed by atoms with Crippen molar-refractivity contribution in [3.8, 4) is 0 Å². The summed E-state index contributed by atoms with van der Waals surface area (Å²) in [4.78, 5) is 12.1. The van der Waals surface area contributed by atoms with Crippen LogP contribution in [0.25, 0.3) is 0 Å². The lowest BCUT2D eigenvalue weighted by Gasteiger charge is -2.20. The van der Waals surface area contributed by atoms with Crippen LogP contribution in [0.2, 0.25) is 0 Å². The molecule has 5 heteroatoms. The number of hydrogen-bond acceptors (Lipinski definition) is 2. The van der Waals surface area contributed by atoms with Gasteiger partial charge in [0, 0.05) is 12.5 Å². The molecule has 0 aromatic rings. The molecule has 0 bridgehead atoms. The molecule has 3 nitrogen and oxygen atoms in total. The number of nitrogens with zero attached hydrogens (tertiary/aromatic N) is 1. The summed E-state index contributed by atoms with van der Waals surface area (Å²) in [5.41, 5.74) is 0. The maximum atomic E-state index is 12.2. The highest BCUT2D eigenvalue weighted by Gasteiger charge is 2.33. The Labute approximate surface area is 75.3 Å². The van der Waals surface area contributed by atoms with Gasteiger partial charge in [-0.05, 0) is 19.9 Å². The van der Waals surface area contributed by atoms with Crippen LogP contribution < -0.4 is 0 Å². The Hall–Kier alpha value is -0.710. The molecule has 0 unspecified atom stereocenters. The molecule has 1 fully saturated rings. The van der Waals surface area contributed by atoms with E-state index in [1.165, 1.54) is 6.92 Å². The largest absolute Gasteiger partial charge is 0.480 e. The Morgan fingerprint density at radius 3 is 2.62 bits per heavy atom. The maximum absolute atomic E-state index is 12.2. The van der Waals surface area contributed by atoms with Gasteiger partial charge < -0.3 is 5.11 Å². The fourth-order valence-corrected chi connectivity index (χ4v) is 1.53. The Kier molecular flexibility index (Phi) is 3.19. The second-order valence-corrected chi connectivity index (χ2v) is 3.39. The molecular weight excluding hydrogens is 180 g/mol. The predicted octanol–water partition coefficient (Wildman–Crippen LogP) is 1.05. The minimum atomic E-state index is -2.33. The van der Waals surface area contributed by atoms with E-state index in [0.717, 1.165) is 0 Å². The van der Waals surface area contributed by atoms with E-state index in [1.54, 1.807) is 4.90 Å². The van der Waals surface area contributed by atoms with E-state index in [-0.39, 0.29) is 6.54 Å². The van der Waals surface area contributed by atoms with E-state index in [0.29, 0.717) is 13.0 Å². The Balaban J connectivity index is 2.45. The fraction of sp³-hybridized carbons (Fsp3) is 0.875. The van der Waals surface area contributed by atoms with E-state index in [4.69, 9.17) is 5.11 Å². The summed E-state index contributed by atoms with van der Waals surface area (Å²) in [6.07, 6.45) is -1.93. The van der Waals surface area contributed by atoms with Crippen molar-refractivity contribution in [1.82, 2.24) is 4.90 Å². The number of carbonyl (C=O) groups is 1. The minimum Gasteiger partial charge on any atom is -0.480 e. The second-order valence-electron chi connectivity index (χ2n) is 3.39. The van der Waals surface area contributed by atoms with Crippen molar-refractivity contribution in [2.24, 2.45) is 5.92 Å². The predicted molar refractivity (Wildman–Crippen MR) is 42.8 cm³/mol. The SMILES string of the molecule is C[C@H](C(=O)O)N1CC[C@H](C(F)F)C1. The number of aliphatic carboxylic acids is 1. The first-order valence-corrected chi connectivity index (χ1v) is 4.27. The molecule has 0 aliphatic carbocycles. The quantitative estimate of drug-likeness (QED) is 0.728. The summed E-state index contributed by atoms with van der Waals surface area (Å²) in [7, 11) is 0. The standard InChI is InChI=1S/C8H13F2NO2/c1-5(8(12)13)11-3-2-6(4-11)7(9)10/h5-7H,2-4H2,1H3,(H,12,13)/t5-,6+/m1/s1. The van der Waals surface area contributed by atoms with E-state index >= 15 is 0 Å². The molecule has 13 heavy (non-hydrogen) atoms. The zero-order valence-corrected chi connectivity index (χ0v) is 7.41. The van der Waals surface area contributed by atoms with Crippen LogP contribution in [0, 0.1) is 5.92 Å². The number of hydrogen-bond donors (Lipinski definition) is 1. The van der Waals surface area contributed by atoms with Crippen LogP contribution in [0.3, 0.4) is 0 Å². The Morgan fingerprint density at radius 2 is 2.23 bits per heavy atom. The molecule has 1 aliphatic heterocycles. The van der Waals surface area contributed by atoms with Crippen LogP contribution in [-0.2, 0) is 4.79 Å². The molecule has 0 spiro atoms. The van der Waals surface area contributed by atoms with Gasteiger partial charge in [0.2, 0.25) is 6.43 Å². The number of likely N-dealkylation sites (tertiary alicyclic amines) is 1. The number of carboxylic acids is 1. The molecule has 0 saturated carbocycles. The van der Waals surface area contributed by atoms with Gasteiger partial charge >= 0.3 is 5.97 Å². The lowest BCUT2D eigenvalue weighted by molar-refractivity contribution is -0.142. The molecule has 1 heterocycles. The van der Waals surface area contributed by atoms with E-state index in [9.17, 15) is 13.6 Å². The van der Waals surface area contributed by atoms with Crippen molar-refractivity contribution in [2.75, 3.05) is 13.1 Å². The zero-order chi connectivity index (χ0) is 10.0. The summed E-state index contributed by atoms with van der Waals surface area (Å²) >= 11 is 0. The van der Waals surface area contributed by atoms with Gasteiger partial charge in [-0.2, -0.15) is 0 Å². The van der Waals surface area contributed by atoms with Crippen LogP contribution in [-0.4, -0.2) is 41.5 Å². The molecule has 76 valence electrons. The molecule has 0 aromatic carbocycles. The molecule has 0 aromatic heterocycles. The van der Waals surface area contributed by atoms with E-state index < -0.39 is 24.4 Å². The molecule has 1 rings (SSSR count). The monoisotopic (exact) mass is 193 g/mol. The molecule has 0 amide bonds. The highest BCUT2D eigenvalue weighted by Crippen LogP contribution is 2.24. The lowest BCUT2D eigenvalue weighted by Crippen LogP contribution is -2.37. The number of carboxylic acid groups (broad SMARTS) is 1. The first-order chi connectivity index (χ1) is 6.02. The van der Waals surface area contributed by atoms with Gasteiger partial charge in [-0.15, -0.1) is 0 Å². The van der Waals surface area contributed by atoms with Crippen LogP contribution in [0.1, 0.15) is 13.3 Å². The molecular formula is C8H13F2NO2. The van der Waals surface area contributed by atoms with E-state index in [2.05, 4.69) is 0 Å². The first kappa shape index (κ1) is 10.4. The van der Waals surface area contributed by atoms with Gasteiger partial charge in [0.25, 0.3) is 0 Å². The van der Waals surface area contributed by atoms with Gasteiger partial charge in [-0.25, -0.2) is 8.78 Å². The van der Waals surface area contributed by atoms with Crippen LogP contribution in [0.4, 0.5) is 8.78 Å². The lowest BCUT2D eigenvalue weighted by atomic mass is 10.1. The van der Waals surface area contributed by atoms with E-state index in [1.807, 2.05) is 0 Å². The molecule has 0 radical (unpaired) electrons. The third-order valence-electron chi connectivity index (χ3n) is 2.52.